The predicted octanol–water partition coefficient (Wildman–Crippen LogP) is 3.75. The van der Waals surface area contributed by atoms with Crippen LogP contribution < -0.4 is 4.90 Å². The summed E-state index contributed by atoms with van der Waals surface area (Å²) in [4.78, 5) is 27.7. The van der Waals surface area contributed by atoms with Gasteiger partial charge in [-0.05, 0) is 49.4 Å². The smallest absolute Gasteiger partial charge is 0.256 e. The van der Waals surface area contributed by atoms with Gasteiger partial charge in [0.25, 0.3) is 5.91 Å². The Hall–Kier alpha value is -2.21. The number of carbonyl (C=O) groups is 2. The molecule has 1 aliphatic heterocycles. The van der Waals surface area contributed by atoms with Crippen LogP contribution in [0.15, 0.2) is 46.9 Å². The molecule has 1 aliphatic rings. The number of nitrogens with zero attached hydrogens (tertiary/aromatic N) is 2. The lowest BCUT2D eigenvalue weighted by atomic mass is 10.1. The molecule has 1 heterocycles. The van der Waals surface area contributed by atoms with Gasteiger partial charge in [-0.2, -0.15) is 0 Å². The van der Waals surface area contributed by atoms with E-state index in [1.165, 1.54) is 12.1 Å². The van der Waals surface area contributed by atoms with Gasteiger partial charge >= 0.3 is 0 Å². The molecule has 0 N–H and O–H groups in total. The van der Waals surface area contributed by atoms with Gasteiger partial charge in [-0.1, -0.05) is 15.9 Å². The quantitative estimate of drug-likeness (QED) is 0.731. The number of piperazine rings is 1. The van der Waals surface area contributed by atoms with Gasteiger partial charge in [-0.3, -0.25) is 9.59 Å². The summed E-state index contributed by atoms with van der Waals surface area (Å²) in [6.45, 7) is 3.94. The molecule has 0 bridgehead atoms. The zero-order chi connectivity index (χ0) is 18.0. The molecule has 0 atom stereocenters. The molecule has 2 aromatic rings. The average Bonchev–Trinajstić information content (AvgIpc) is 2.61. The van der Waals surface area contributed by atoms with Crippen molar-refractivity contribution in [2.24, 2.45) is 0 Å². The number of amides is 1. The Balaban J connectivity index is 1.65. The Morgan fingerprint density at radius 2 is 1.64 bits per heavy atom. The summed E-state index contributed by atoms with van der Waals surface area (Å²) in [7, 11) is 0. The third kappa shape index (κ3) is 3.90. The van der Waals surface area contributed by atoms with Gasteiger partial charge in [0.2, 0.25) is 0 Å². The summed E-state index contributed by atoms with van der Waals surface area (Å²) >= 11 is 3.20. The molecule has 1 fully saturated rings. The minimum Gasteiger partial charge on any atom is -0.368 e. The molecule has 0 aliphatic carbocycles. The fourth-order valence-electron chi connectivity index (χ4n) is 2.91. The van der Waals surface area contributed by atoms with Gasteiger partial charge in [0, 0.05) is 41.9 Å². The molecule has 0 spiro atoms. The van der Waals surface area contributed by atoms with Crippen LogP contribution in [0, 0.1) is 5.82 Å². The van der Waals surface area contributed by atoms with Crippen LogP contribution >= 0.6 is 15.9 Å². The maximum atomic E-state index is 14.0. The first-order valence-electron chi connectivity index (χ1n) is 8.06. The molecule has 0 aromatic heterocycles. The summed E-state index contributed by atoms with van der Waals surface area (Å²) in [5.74, 6) is -0.753. The molecule has 25 heavy (non-hydrogen) atoms. The Bertz CT molecular complexity index is 800. The number of ketones is 1. The molecule has 4 nitrogen and oxygen atoms in total. The van der Waals surface area contributed by atoms with Crippen molar-refractivity contribution >= 4 is 33.3 Å². The Labute approximate surface area is 154 Å². The first-order chi connectivity index (χ1) is 12.0. The van der Waals surface area contributed by atoms with E-state index in [0.717, 1.165) is 5.69 Å². The van der Waals surface area contributed by atoms with Crippen molar-refractivity contribution in [3.63, 3.8) is 0 Å². The van der Waals surface area contributed by atoms with Crippen molar-refractivity contribution in [1.29, 1.82) is 0 Å². The lowest BCUT2D eigenvalue weighted by Gasteiger charge is -2.36. The second-order valence-corrected chi connectivity index (χ2v) is 6.92. The number of hydrogen-bond acceptors (Lipinski definition) is 3. The van der Waals surface area contributed by atoms with Crippen molar-refractivity contribution in [2.75, 3.05) is 31.1 Å². The van der Waals surface area contributed by atoms with Crippen LogP contribution in [0.3, 0.4) is 0 Å². The van der Waals surface area contributed by atoms with Crippen molar-refractivity contribution in [3.8, 4) is 0 Å². The molecule has 0 unspecified atom stereocenters. The van der Waals surface area contributed by atoms with Crippen molar-refractivity contribution in [1.82, 2.24) is 4.90 Å². The lowest BCUT2D eigenvalue weighted by Crippen LogP contribution is -2.49. The number of halogens is 2. The van der Waals surface area contributed by atoms with Crippen LogP contribution in [0.4, 0.5) is 10.1 Å². The van der Waals surface area contributed by atoms with Crippen molar-refractivity contribution in [3.05, 3.63) is 63.9 Å². The van der Waals surface area contributed by atoms with Crippen molar-refractivity contribution < 1.29 is 14.0 Å². The highest BCUT2D eigenvalue weighted by Crippen LogP contribution is 2.20. The highest BCUT2D eigenvalue weighted by Gasteiger charge is 2.24. The third-order valence-corrected chi connectivity index (χ3v) is 4.86. The molecule has 0 saturated carbocycles. The van der Waals surface area contributed by atoms with Gasteiger partial charge < -0.3 is 9.80 Å². The van der Waals surface area contributed by atoms with Gasteiger partial charge in [-0.25, -0.2) is 4.39 Å². The van der Waals surface area contributed by atoms with Crippen LogP contribution in [0.1, 0.15) is 27.6 Å². The second kappa shape index (κ2) is 7.35. The van der Waals surface area contributed by atoms with Crippen LogP contribution in [0.2, 0.25) is 0 Å². The fraction of sp³-hybridized carbons (Fsp3) is 0.263. The molecule has 1 amide bonds. The van der Waals surface area contributed by atoms with E-state index >= 15 is 0 Å². The van der Waals surface area contributed by atoms with Gasteiger partial charge in [0.1, 0.15) is 5.82 Å². The highest BCUT2D eigenvalue weighted by molar-refractivity contribution is 9.10. The lowest BCUT2D eigenvalue weighted by molar-refractivity contribution is 0.0742. The SMILES string of the molecule is CC(=O)c1ccc(N2CCN(C(=O)c3ccc(Br)cc3F)CC2)cc1. The van der Waals surface area contributed by atoms with E-state index in [0.29, 0.717) is 36.2 Å². The monoisotopic (exact) mass is 404 g/mol. The van der Waals surface area contributed by atoms with Gasteiger partial charge in [0.05, 0.1) is 5.56 Å². The van der Waals surface area contributed by atoms with Gasteiger partial charge in [0.15, 0.2) is 5.78 Å². The maximum absolute atomic E-state index is 14.0. The number of carbonyl (C=O) groups excluding carboxylic acids is 2. The number of benzene rings is 2. The Morgan fingerprint density at radius 1 is 1.00 bits per heavy atom. The van der Waals surface area contributed by atoms with E-state index in [-0.39, 0.29) is 17.3 Å². The Kier molecular flexibility index (Phi) is 5.18. The largest absolute Gasteiger partial charge is 0.368 e. The van der Waals surface area contributed by atoms with Gasteiger partial charge in [-0.15, -0.1) is 0 Å². The molecule has 3 rings (SSSR count). The molecule has 130 valence electrons. The number of Topliss-reactive ketones (excluding diaryl/α,β-unsaturated/α-hetero) is 1. The van der Waals surface area contributed by atoms with Crippen LogP contribution in [-0.4, -0.2) is 42.8 Å². The minimum atomic E-state index is -0.512. The van der Waals surface area contributed by atoms with E-state index < -0.39 is 5.82 Å². The summed E-state index contributed by atoms with van der Waals surface area (Å²) in [6.07, 6.45) is 0. The minimum absolute atomic E-state index is 0.0403. The third-order valence-electron chi connectivity index (χ3n) is 4.37. The second-order valence-electron chi connectivity index (χ2n) is 6.01. The standard InChI is InChI=1S/C19H18BrFN2O2/c1-13(24)14-2-5-16(6-3-14)22-8-10-23(11-9-22)19(25)17-7-4-15(20)12-18(17)21/h2-7,12H,8-11H2,1H3. The van der Waals surface area contributed by atoms with E-state index in [4.69, 9.17) is 0 Å². The van der Waals surface area contributed by atoms with Crippen LogP contribution in [0.5, 0.6) is 0 Å². The van der Waals surface area contributed by atoms with Crippen LogP contribution in [-0.2, 0) is 0 Å². The maximum Gasteiger partial charge on any atom is 0.256 e. The van der Waals surface area contributed by atoms with E-state index in [1.54, 1.807) is 17.9 Å². The topological polar surface area (TPSA) is 40.6 Å². The first kappa shape index (κ1) is 17.6. The number of rotatable bonds is 3. The normalized spacial score (nSPS) is 14.5. The molecular formula is C19H18BrFN2O2. The highest BCUT2D eigenvalue weighted by atomic mass is 79.9. The molecular weight excluding hydrogens is 387 g/mol. The number of anilines is 1. The van der Waals surface area contributed by atoms with E-state index in [2.05, 4.69) is 20.8 Å². The number of hydrogen-bond donors (Lipinski definition) is 0. The fourth-order valence-corrected chi connectivity index (χ4v) is 3.24. The summed E-state index contributed by atoms with van der Waals surface area (Å²) < 4.78 is 14.6. The summed E-state index contributed by atoms with van der Waals surface area (Å²) in [5.41, 5.74) is 1.80. The Morgan fingerprint density at radius 3 is 2.20 bits per heavy atom. The van der Waals surface area contributed by atoms with E-state index in [1.807, 2.05) is 24.3 Å². The zero-order valence-corrected chi connectivity index (χ0v) is 15.4. The van der Waals surface area contributed by atoms with Crippen molar-refractivity contribution in [2.45, 2.75) is 6.92 Å². The molecule has 0 radical (unpaired) electrons. The zero-order valence-electron chi connectivity index (χ0n) is 13.8. The molecule has 1 saturated heterocycles. The summed E-state index contributed by atoms with van der Waals surface area (Å²) in [6, 6.07) is 11.9. The average molecular weight is 405 g/mol. The predicted molar refractivity (Wildman–Crippen MR) is 98.7 cm³/mol. The first-order valence-corrected chi connectivity index (χ1v) is 8.85. The molecule has 2 aromatic carbocycles. The molecule has 6 heteroatoms. The van der Waals surface area contributed by atoms with Crippen LogP contribution in [0.25, 0.3) is 0 Å². The van der Waals surface area contributed by atoms with E-state index in [9.17, 15) is 14.0 Å². The summed E-state index contributed by atoms with van der Waals surface area (Å²) in [5, 5.41) is 0.